The van der Waals surface area contributed by atoms with Gasteiger partial charge < -0.3 is 5.11 Å². The number of rotatable bonds is 5. The minimum absolute atomic E-state index is 0.0676. The first-order chi connectivity index (χ1) is 9.93. The number of aromatic nitrogens is 3. The molecule has 0 aliphatic heterocycles. The first kappa shape index (κ1) is 15.9. The zero-order chi connectivity index (χ0) is 15.6. The van der Waals surface area contributed by atoms with Crippen molar-refractivity contribution in [1.82, 2.24) is 14.8 Å². The van der Waals surface area contributed by atoms with Crippen LogP contribution >= 0.6 is 27.7 Å². The van der Waals surface area contributed by atoms with Gasteiger partial charge >= 0.3 is 5.97 Å². The van der Waals surface area contributed by atoms with Crippen molar-refractivity contribution in [3.8, 4) is 5.69 Å². The van der Waals surface area contributed by atoms with Crippen LogP contribution in [0.1, 0.15) is 12.7 Å². The second-order valence-corrected chi connectivity index (χ2v) is 5.78. The molecule has 0 amide bonds. The maximum atomic E-state index is 14.0. The third-order valence-electron chi connectivity index (χ3n) is 2.57. The molecule has 5 nitrogen and oxygen atoms in total. The molecule has 0 aliphatic rings. The van der Waals surface area contributed by atoms with Gasteiger partial charge in [0.25, 0.3) is 0 Å². The molecule has 2 rings (SSSR count). The van der Waals surface area contributed by atoms with Crippen molar-refractivity contribution in [2.45, 2.75) is 18.5 Å². The quantitative estimate of drug-likeness (QED) is 0.640. The van der Waals surface area contributed by atoms with Gasteiger partial charge in [0, 0.05) is 12.5 Å². The molecule has 21 heavy (non-hydrogen) atoms. The second-order valence-electron chi connectivity index (χ2n) is 3.99. The molecular formula is C12H10BrF2N3O2S. The van der Waals surface area contributed by atoms with E-state index >= 15 is 0 Å². The fraction of sp³-hybridized carbons (Fsp3) is 0.250. The Morgan fingerprint density at radius 2 is 2.10 bits per heavy atom. The third kappa shape index (κ3) is 3.41. The van der Waals surface area contributed by atoms with Crippen LogP contribution in [0.25, 0.3) is 5.69 Å². The summed E-state index contributed by atoms with van der Waals surface area (Å²) in [5.74, 6) is -2.29. The summed E-state index contributed by atoms with van der Waals surface area (Å²) in [6, 6.07) is 2.03. The summed E-state index contributed by atoms with van der Waals surface area (Å²) in [6.45, 7) is 1.81. The molecule has 0 atom stereocenters. The summed E-state index contributed by atoms with van der Waals surface area (Å²) >= 11 is 3.92. The van der Waals surface area contributed by atoms with Crippen LogP contribution < -0.4 is 0 Å². The summed E-state index contributed by atoms with van der Waals surface area (Å²) < 4.78 is 28.9. The summed E-state index contributed by atoms with van der Waals surface area (Å²) in [5, 5.41) is 16.7. The molecule has 9 heteroatoms. The van der Waals surface area contributed by atoms with Gasteiger partial charge in [0.1, 0.15) is 17.5 Å². The number of aliphatic carboxylic acids is 1. The Labute approximate surface area is 131 Å². The van der Waals surface area contributed by atoms with Crippen LogP contribution in [0.2, 0.25) is 0 Å². The molecule has 0 saturated heterocycles. The third-order valence-corrected chi connectivity index (χ3v) is 4.09. The first-order valence-electron chi connectivity index (χ1n) is 5.87. The van der Waals surface area contributed by atoms with Crippen molar-refractivity contribution in [1.29, 1.82) is 0 Å². The van der Waals surface area contributed by atoms with E-state index in [1.54, 1.807) is 0 Å². The minimum Gasteiger partial charge on any atom is -0.481 e. The number of carboxylic acid groups (broad SMARTS) is 1. The summed E-state index contributed by atoms with van der Waals surface area (Å²) in [5.41, 5.74) is 0.0676. The summed E-state index contributed by atoms with van der Waals surface area (Å²) in [7, 11) is 0. The maximum Gasteiger partial charge on any atom is 0.313 e. The van der Waals surface area contributed by atoms with E-state index in [9.17, 15) is 13.6 Å². The molecule has 0 unspecified atom stereocenters. The number of carboxylic acids is 1. The highest BCUT2D eigenvalue weighted by molar-refractivity contribution is 9.10. The van der Waals surface area contributed by atoms with Gasteiger partial charge in [-0.25, -0.2) is 8.78 Å². The number of hydrogen-bond acceptors (Lipinski definition) is 4. The second kappa shape index (κ2) is 6.52. The zero-order valence-corrected chi connectivity index (χ0v) is 13.2. The topological polar surface area (TPSA) is 68.0 Å². The molecule has 1 aromatic carbocycles. The van der Waals surface area contributed by atoms with E-state index in [1.807, 2.05) is 6.92 Å². The summed E-state index contributed by atoms with van der Waals surface area (Å²) in [4.78, 5) is 10.7. The van der Waals surface area contributed by atoms with Gasteiger partial charge in [-0.1, -0.05) is 18.7 Å². The monoisotopic (exact) mass is 377 g/mol. The number of hydrogen-bond donors (Lipinski definition) is 1. The summed E-state index contributed by atoms with van der Waals surface area (Å²) in [6.07, 6.45) is 0.467. The lowest BCUT2D eigenvalue weighted by molar-refractivity contribution is -0.133. The van der Waals surface area contributed by atoms with Crippen LogP contribution in [0.15, 0.2) is 21.8 Å². The molecule has 0 radical (unpaired) electrons. The highest BCUT2D eigenvalue weighted by atomic mass is 79.9. The van der Waals surface area contributed by atoms with Crippen LogP contribution in [-0.2, 0) is 11.2 Å². The number of thioether (sulfide) groups is 1. The van der Waals surface area contributed by atoms with Gasteiger partial charge in [0.2, 0.25) is 0 Å². The normalized spacial score (nSPS) is 10.9. The lowest BCUT2D eigenvalue weighted by atomic mass is 10.3. The maximum absolute atomic E-state index is 14.0. The van der Waals surface area contributed by atoms with Gasteiger partial charge in [0.15, 0.2) is 5.16 Å². The Hall–Kier alpha value is -1.48. The lowest BCUT2D eigenvalue weighted by Crippen LogP contribution is -2.07. The Kier molecular flexibility index (Phi) is 4.94. The van der Waals surface area contributed by atoms with Crippen molar-refractivity contribution in [3.05, 3.63) is 34.1 Å². The van der Waals surface area contributed by atoms with E-state index in [2.05, 4.69) is 26.1 Å². The van der Waals surface area contributed by atoms with Crippen LogP contribution in [-0.4, -0.2) is 31.6 Å². The van der Waals surface area contributed by atoms with Gasteiger partial charge in [-0.3, -0.25) is 9.36 Å². The average Bonchev–Trinajstić information content (AvgIpc) is 2.83. The number of carbonyl (C=O) groups is 1. The van der Waals surface area contributed by atoms with Gasteiger partial charge in [-0.05, 0) is 22.0 Å². The minimum atomic E-state index is -1.02. The van der Waals surface area contributed by atoms with E-state index < -0.39 is 17.6 Å². The SMILES string of the molecule is CCc1nnc(SCC(=O)O)n1-c1cc(Br)c(F)cc1F. The molecule has 1 aromatic heterocycles. The fourth-order valence-corrected chi connectivity index (χ4v) is 2.69. The predicted octanol–water partition coefficient (Wildman–Crippen LogP) is 3.05. The molecule has 0 saturated carbocycles. The largest absolute Gasteiger partial charge is 0.481 e. The van der Waals surface area contributed by atoms with E-state index in [0.29, 0.717) is 12.2 Å². The van der Waals surface area contributed by atoms with Crippen molar-refractivity contribution in [3.63, 3.8) is 0 Å². The van der Waals surface area contributed by atoms with Crippen molar-refractivity contribution < 1.29 is 18.7 Å². The van der Waals surface area contributed by atoms with Crippen LogP contribution in [0.5, 0.6) is 0 Å². The molecular weight excluding hydrogens is 368 g/mol. The lowest BCUT2D eigenvalue weighted by Gasteiger charge is -2.11. The first-order valence-corrected chi connectivity index (χ1v) is 7.65. The van der Waals surface area contributed by atoms with Crippen LogP contribution in [0, 0.1) is 11.6 Å². The van der Waals surface area contributed by atoms with Crippen molar-refractivity contribution in [2.24, 2.45) is 0 Å². The number of aryl methyl sites for hydroxylation is 1. The zero-order valence-electron chi connectivity index (χ0n) is 10.8. The number of halogens is 3. The predicted molar refractivity (Wildman–Crippen MR) is 76.7 cm³/mol. The highest BCUT2D eigenvalue weighted by Crippen LogP contribution is 2.28. The van der Waals surface area contributed by atoms with Crippen molar-refractivity contribution in [2.75, 3.05) is 5.75 Å². The molecule has 0 spiro atoms. The molecule has 1 heterocycles. The molecule has 1 N–H and O–H groups in total. The molecule has 0 aliphatic carbocycles. The molecule has 0 fully saturated rings. The van der Waals surface area contributed by atoms with Crippen LogP contribution in [0.4, 0.5) is 8.78 Å². The van der Waals surface area contributed by atoms with E-state index in [4.69, 9.17) is 5.11 Å². The average molecular weight is 378 g/mol. The highest BCUT2D eigenvalue weighted by Gasteiger charge is 2.19. The van der Waals surface area contributed by atoms with E-state index in [0.717, 1.165) is 17.8 Å². The number of benzene rings is 1. The molecule has 112 valence electrons. The molecule has 2 aromatic rings. The number of nitrogens with zero attached hydrogens (tertiary/aromatic N) is 3. The Morgan fingerprint density at radius 3 is 2.71 bits per heavy atom. The molecule has 0 bridgehead atoms. The van der Waals surface area contributed by atoms with E-state index in [1.165, 1.54) is 10.6 Å². The van der Waals surface area contributed by atoms with Crippen LogP contribution in [0.3, 0.4) is 0 Å². The van der Waals surface area contributed by atoms with Gasteiger partial charge in [0.05, 0.1) is 15.9 Å². The standard InChI is InChI=1S/C12H10BrF2N3O2S/c1-2-10-16-17-12(21-5-11(19)20)18(10)9-3-6(13)7(14)4-8(9)15/h3-4H,2,5H2,1H3,(H,19,20). The fourth-order valence-electron chi connectivity index (χ4n) is 1.67. The van der Waals surface area contributed by atoms with Gasteiger partial charge in [-0.2, -0.15) is 0 Å². The Balaban J connectivity index is 2.53. The Bertz CT molecular complexity index is 693. The van der Waals surface area contributed by atoms with Crippen molar-refractivity contribution >= 4 is 33.7 Å². The smallest absolute Gasteiger partial charge is 0.313 e. The Morgan fingerprint density at radius 1 is 1.38 bits per heavy atom. The van der Waals surface area contributed by atoms with E-state index in [-0.39, 0.29) is 21.1 Å². The van der Waals surface area contributed by atoms with Gasteiger partial charge in [-0.15, -0.1) is 10.2 Å².